The van der Waals surface area contributed by atoms with Crippen molar-refractivity contribution in [3.63, 3.8) is 0 Å². The molecule has 6 rings (SSSR count). The molecular formula is C45H56N2O12. The molecule has 318 valence electrons. The molecule has 2 fully saturated rings. The van der Waals surface area contributed by atoms with Crippen LogP contribution in [0.5, 0.6) is 17.2 Å². The molecule has 0 radical (unpaired) electrons. The third-order valence-corrected chi connectivity index (χ3v) is 11.9. The van der Waals surface area contributed by atoms with Gasteiger partial charge in [0.05, 0.1) is 12.1 Å². The average Bonchev–Trinajstić information content (AvgIpc) is 3.30. The van der Waals surface area contributed by atoms with Gasteiger partial charge in [-0.25, -0.2) is 4.79 Å². The number of fused-ring (bicyclic) bond motifs is 1. The summed E-state index contributed by atoms with van der Waals surface area (Å²) in [5.74, 6) is -6.97. The highest BCUT2D eigenvalue weighted by atomic mass is 16.6. The highest BCUT2D eigenvalue weighted by Gasteiger charge is 2.81. The van der Waals surface area contributed by atoms with E-state index in [2.05, 4.69) is 16.7 Å². The summed E-state index contributed by atoms with van der Waals surface area (Å²) in [7, 11) is 0. The maximum Gasteiger partial charge on any atom is 0.326 e. The monoisotopic (exact) mass is 816 g/mol. The minimum absolute atomic E-state index is 0.0241. The van der Waals surface area contributed by atoms with Crippen molar-refractivity contribution in [3.8, 4) is 17.2 Å². The van der Waals surface area contributed by atoms with E-state index in [1.807, 2.05) is 60.6 Å². The van der Waals surface area contributed by atoms with Gasteiger partial charge in [0.1, 0.15) is 28.9 Å². The number of carbonyl (C=O) groups excluding carboxylic acids is 4. The van der Waals surface area contributed by atoms with Crippen LogP contribution in [-0.2, 0) is 41.6 Å². The van der Waals surface area contributed by atoms with Crippen LogP contribution in [0.15, 0.2) is 58.2 Å². The second-order valence-corrected chi connectivity index (χ2v) is 17.1. The predicted molar refractivity (Wildman–Crippen MR) is 217 cm³/mol. The van der Waals surface area contributed by atoms with Gasteiger partial charge in [0.2, 0.25) is 11.8 Å². The Labute approximate surface area is 344 Å². The van der Waals surface area contributed by atoms with Gasteiger partial charge in [0.15, 0.2) is 22.8 Å². The van der Waals surface area contributed by atoms with Crippen LogP contribution in [0.4, 0.5) is 0 Å². The number of ketones is 2. The molecule has 1 aromatic carbocycles. The van der Waals surface area contributed by atoms with E-state index in [0.717, 1.165) is 24.0 Å². The number of rotatable bonds is 17. The number of carboxylic acids is 2. The molecule has 2 aliphatic heterocycles. The number of phenols is 2. The molecule has 6 N–H and O–H groups in total. The minimum atomic E-state index is -1.80. The van der Waals surface area contributed by atoms with Crippen molar-refractivity contribution in [2.24, 2.45) is 11.8 Å². The van der Waals surface area contributed by atoms with E-state index >= 15 is 0 Å². The topological polar surface area (TPSA) is 226 Å². The zero-order valence-corrected chi connectivity index (χ0v) is 35.0. The lowest BCUT2D eigenvalue weighted by Crippen LogP contribution is -2.72. The third-order valence-electron chi connectivity index (χ3n) is 11.9. The van der Waals surface area contributed by atoms with Crippen LogP contribution < -0.4 is 15.4 Å². The SMILES string of the molecule is CC(C)=CCC/C(C)=C/Cc1c(O)c(CC=C(C)C)c2c(c1O)C(=O)C1=CC3CC4C(C)(C)OC(C/C=C(/C)C(=O)NCC(=O)N[C@@H](CCC(=O)O)C(=O)O)(C3=O)C14O2. The van der Waals surface area contributed by atoms with Crippen LogP contribution in [-0.4, -0.2) is 85.1 Å². The van der Waals surface area contributed by atoms with E-state index in [4.69, 9.17) is 14.6 Å². The van der Waals surface area contributed by atoms with Gasteiger partial charge >= 0.3 is 11.9 Å². The summed E-state index contributed by atoms with van der Waals surface area (Å²) < 4.78 is 13.8. The van der Waals surface area contributed by atoms with Gasteiger partial charge in [-0.2, -0.15) is 0 Å². The quantitative estimate of drug-likeness (QED) is 0.0819. The Morgan fingerprint density at radius 1 is 0.898 bits per heavy atom. The highest BCUT2D eigenvalue weighted by molar-refractivity contribution is 6.18. The number of carbonyl (C=O) groups is 6. The average molecular weight is 817 g/mol. The maximum atomic E-state index is 14.9. The highest BCUT2D eigenvalue weighted by Crippen LogP contribution is 2.68. The van der Waals surface area contributed by atoms with Gasteiger partial charge in [-0.15, -0.1) is 0 Å². The lowest BCUT2D eigenvalue weighted by atomic mass is 9.51. The van der Waals surface area contributed by atoms with Crippen LogP contribution in [0.2, 0.25) is 0 Å². The van der Waals surface area contributed by atoms with E-state index < -0.39 is 82.9 Å². The molecule has 4 bridgehead atoms. The molecular weight excluding hydrogens is 760 g/mol. The van der Waals surface area contributed by atoms with E-state index in [-0.39, 0.29) is 70.8 Å². The van der Waals surface area contributed by atoms with Gasteiger partial charge in [0, 0.05) is 47.0 Å². The Hall–Kier alpha value is -5.50. The van der Waals surface area contributed by atoms with Crippen LogP contribution in [0.3, 0.4) is 0 Å². The van der Waals surface area contributed by atoms with Crippen LogP contribution in [0.25, 0.3) is 0 Å². The first kappa shape index (κ1) is 44.6. The molecule has 14 heteroatoms. The number of nitrogens with one attached hydrogen (secondary N) is 2. The third kappa shape index (κ3) is 8.37. The zero-order chi connectivity index (χ0) is 43.8. The summed E-state index contributed by atoms with van der Waals surface area (Å²) >= 11 is 0. The van der Waals surface area contributed by atoms with Crippen molar-refractivity contribution in [1.29, 1.82) is 0 Å². The fraction of sp³-hybridized carbons (Fsp3) is 0.511. The molecule has 1 saturated heterocycles. The zero-order valence-electron chi connectivity index (χ0n) is 35.0. The number of benzene rings is 1. The largest absolute Gasteiger partial charge is 0.507 e. The van der Waals surface area contributed by atoms with Gasteiger partial charge in [-0.1, -0.05) is 47.1 Å². The van der Waals surface area contributed by atoms with Crippen molar-refractivity contribution < 1.29 is 58.7 Å². The summed E-state index contributed by atoms with van der Waals surface area (Å²) in [6, 6.07) is -1.47. The summed E-state index contributed by atoms with van der Waals surface area (Å²) in [6.45, 7) is 14.3. The smallest absolute Gasteiger partial charge is 0.326 e. The molecule has 5 aliphatic rings. The number of amides is 2. The summed E-state index contributed by atoms with van der Waals surface area (Å²) in [5, 5.41) is 46.6. The lowest BCUT2D eigenvalue weighted by molar-refractivity contribution is -0.171. The lowest BCUT2D eigenvalue weighted by Gasteiger charge is -2.56. The number of phenolic OH excluding ortho intramolecular Hbond substituents is 2. The van der Waals surface area contributed by atoms with E-state index in [0.29, 0.717) is 6.42 Å². The Morgan fingerprint density at radius 3 is 2.19 bits per heavy atom. The molecule has 4 unspecified atom stereocenters. The van der Waals surface area contributed by atoms with Crippen molar-refractivity contribution in [2.45, 2.75) is 130 Å². The summed E-state index contributed by atoms with van der Waals surface area (Å²) in [5.41, 5.74) is -0.654. The number of allylic oxidation sites excluding steroid dienone is 7. The molecule has 5 atom stereocenters. The Balaban J connectivity index is 1.52. The van der Waals surface area contributed by atoms with E-state index in [1.54, 1.807) is 6.08 Å². The molecule has 1 spiro atoms. The van der Waals surface area contributed by atoms with Crippen LogP contribution >= 0.6 is 0 Å². The first-order chi connectivity index (χ1) is 27.6. The number of hydrogen-bond donors (Lipinski definition) is 6. The first-order valence-electron chi connectivity index (χ1n) is 20.0. The second-order valence-electron chi connectivity index (χ2n) is 17.1. The number of aromatic hydroxyl groups is 2. The number of hydrogen-bond acceptors (Lipinski definition) is 10. The van der Waals surface area contributed by atoms with Crippen molar-refractivity contribution in [3.05, 3.63) is 74.9 Å². The molecule has 3 aliphatic carbocycles. The maximum absolute atomic E-state index is 14.9. The Bertz CT molecular complexity index is 2130. The fourth-order valence-electron chi connectivity index (χ4n) is 8.88. The molecule has 0 aromatic heterocycles. The van der Waals surface area contributed by atoms with Gasteiger partial charge < -0.3 is 40.5 Å². The van der Waals surface area contributed by atoms with E-state index in [9.17, 15) is 44.1 Å². The molecule has 1 saturated carbocycles. The normalized spacial score (nSPS) is 24.2. The number of carboxylic acid groups (broad SMARTS) is 2. The number of aliphatic carboxylic acids is 2. The number of ether oxygens (including phenoxy) is 2. The Morgan fingerprint density at radius 2 is 1.56 bits per heavy atom. The van der Waals surface area contributed by atoms with Crippen molar-refractivity contribution in [2.75, 3.05) is 6.54 Å². The Kier molecular flexibility index (Phi) is 12.9. The molecule has 1 aromatic rings. The van der Waals surface area contributed by atoms with Crippen molar-refractivity contribution >= 4 is 35.3 Å². The van der Waals surface area contributed by atoms with Crippen molar-refractivity contribution in [1.82, 2.24) is 10.6 Å². The predicted octanol–water partition coefficient (Wildman–Crippen LogP) is 5.74. The standard InChI is InChI=1S/C45H56N2O12/c1-23(2)10-9-11-25(5)13-15-28-36(51)29(14-12-24(3)4)39-35(37(28)52)38(53)30-20-27-21-32-43(7,8)59-44(40(27)54,45(30,32)58-39)19-18-26(6)41(55)46-22-33(48)47-31(42(56)57)16-17-34(49)50/h10,12-13,18,20,27,31-32,51-52H,9,11,14-17,19,21-22H2,1-8H3,(H,46,55)(H,47,48)(H,49,50)(H,56,57)/b25-13+,26-18-/t27?,31-,32?,44?,45?/m0/s1. The van der Waals surface area contributed by atoms with E-state index in [1.165, 1.54) is 18.6 Å². The molecule has 59 heavy (non-hydrogen) atoms. The van der Waals surface area contributed by atoms with Gasteiger partial charge in [0.25, 0.3) is 0 Å². The second kappa shape index (κ2) is 17.0. The summed E-state index contributed by atoms with van der Waals surface area (Å²) in [6.07, 6.45) is 10.2. The summed E-state index contributed by atoms with van der Waals surface area (Å²) in [4.78, 5) is 77.7. The molecule has 14 nitrogen and oxygen atoms in total. The number of Topliss-reactive ketones (excluding diaryl/α,β-unsaturated/α-hetero) is 2. The van der Waals surface area contributed by atoms with Gasteiger partial charge in [-0.3, -0.25) is 24.0 Å². The molecule has 2 amide bonds. The van der Waals surface area contributed by atoms with Gasteiger partial charge in [-0.05, 0) is 93.9 Å². The first-order valence-corrected chi connectivity index (χ1v) is 20.0. The minimum Gasteiger partial charge on any atom is -0.507 e. The fourth-order valence-corrected chi connectivity index (χ4v) is 8.88. The van der Waals surface area contributed by atoms with Crippen LogP contribution in [0, 0.1) is 11.8 Å². The molecule has 2 heterocycles. The van der Waals surface area contributed by atoms with Crippen LogP contribution in [0.1, 0.15) is 115 Å².